The summed E-state index contributed by atoms with van der Waals surface area (Å²) in [5.41, 5.74) is 1.04. The molecule has 0 bridgehead atoms. The van der Waals surface area contributed by atoms with Gasteiger partial charge in [0.1, 0.15) is 0 Å². The van der Waals surface area contributed by atoms with E-state index in [-0.39, 0.29) is 0 Å². The third-order valence-electron chi connectivity index (χ3n) is 5.08. The number of fused-ring (bicyclic) bond motifs is 1. The summed E-state index contributed by atoms with van der Waals surface area (Å²) in [6.45, 7) is 6.98. The molecule has 128 valence electrons. The minimum absolute atomic E-state index is 1.04. The molecule has 0 aliphatic carbocycles. The molecule has 0 fully saturated rings. The van der Waals surface area contributed by atoms with Crippen LogP contribution in [0.2, 0.25) is 13.3 Å². The van der Waals surface area contributed by atoms with Crippen molar-refractivity contribution in [1.29, 1.82) is 0 Å². The van der Waals surface area contributed by atoms with Crippen molar-refractivity contribution in [2.75, 3.05) is 0 Å². The third-order valence-corrected chi connectivity index (χ3v) is 20.2. The van der Waals surface area contributed by atoms with Gasteiger partial charge in [0, 0.05) is 0 Å². The second-order valence-corrected chi connectivity index (χ2v) is 20.1. The van der Waals surface area contributed by atoms with E-state index in [0.29, 0.717) is 0 Å². The number of hydrogen-bond acceptors (Lipinski definition) is 2. The predicted molar refractivity (Wildman–Crippen MR) is 103 cm³/mol. The minimum atomic E-state index is -2.38. The van der Waals surface area contributed by atoms with Gasteiger partial charge in [-0.2, -0.15) is 0 Å². The number of rotatable bonds is 10. The molecule has 0 aliphatic rings. The van der Waals surface area contributed by atoms with Crippen LogP contribution in [-0.2, 0) is 7.05 Å². The van der Waals surface area contributed by atoms with Gasteiger partial charge < -0.3 is 0 Å². The summed E-state index contributed by atoms with van der Waals surface area (Å²) in [5.74, 6) is 0. The van der Waals surface area contributed by atoms with Crippen LogP contribution in [0.5, 0.6) is 0 Å². The molecule has 2 aromatic rings. The van der Waals surface area contributed by atoms with E-state index in [4.69, 9.17) is 4.98 Å². The molecule has 4 heteroatoms. The second kappa shape index (κ2) is 9.05. The van der Waals surface area contributed by atoms with Gasteiger partial charge in [0.05, 0.1) is 0 Å². The van der Waals surface area contributed by atoms with Gasteiger partial charge in [0.25, 0.3) is 0 Å². The molecule has 0 saturated heterocycles. The van der Waals surface area contributed by atoms with E-state index in [1.807, 2.05) is 17.9 Å². The van der Waals surface area contributed by atoms with Crippen LogP contribution in [0, 0.1) is 0 Å². The fourth-order valence-corrected chi connectivity index (χ4v) is 19.1. The van der Waals surface area contributed by atoms with Crippen LogP contribution in [0.15, 0.2) is 18.5 Å². The summed E-state index contributed by atoms with van der Waals surface area (Å²) in [6.07, 6.45) is 12.3. The Morgan fingerprint density at radius 2 is 1.52 bits per heavy atom. The molecule has 0 atom stereocenters. The molecule has 0 aliphatic heterocycles. The van der Waals surface area contributed by atoms with Crippen molar-refractivity contribution in [1.82, 2.24) is 14.8 Å². The van der Waals surface area contributed by atoms with Crippen molar-refractivity contribution in [3.63, 3.8) is 0 Å². The van der Waals surface area contributed by atoms with Crippen molar-refractivity contribution in [3.05, 3.63) is 18.5 Å². The van der Waals surface area contributed by atoms with Crippen LogP contribution in [0.1, 0.15) is 59.3 Å². The fraction of sp³-hybridized carbons (Fsp3) is 0.684. The molecule has 2 rings (SSSR count). The first-order valence-corrected chi connectivity index (χ1v) is 16.9. The Bertz CT molecular complexity index is 584. The molecule has 0 spiro atoms. The Hall–Kier alpha value is -0.581. The molecule has 0 unspecified atom stereocenters. The van der Waals surface area contributed by atoms with Gasteiger partial charge in [-0.1, -0.05) is 0 Å². The average molecular weight is 422 g/mol. The third kappa shape index (κ3) is 4.71. The van der Waals surface area contributed by atoms with E-state index < -0.39 is 18.4 Å². The van der Waals surface area contributed by atoms with Gasteiger partial charge in [0.15, 0.2) is 0 Å². The van der Waals surface area contributed by atoms with Gasteiger partial charge in [-0.3, -0.25) is 0 Å². The van der Waals surface area contributed by atoms with Crippen molar-refractivity contribution in [2.24, 2.45) is 7.05 Å². The zero-order chi connectivity index (χ0) is 16.7. The second-order valence-electron chi connectivity index (χ2n) is 7.02. The van der Waals surface area contributed by atoms with E-state index in [0.717, 1.165) is 5.52 Å². The van der Waals surface area contributed by atoms with E-state index in [1.165, 1.54) is 60.9 Å². The summed E-state index contributed by atoms with van der Waals surface area (Å²) in [6, 6.07) is 2.40. The van der Waals surface area contributed by atoms with Crippen LogP contribution in [-0.4, -0.2) is 33.1 Å². The summed E-state index contributed by atoms with van der Waals surface area (Å²) in [7, 11) is 2.00. The number of pyridine rings is 1. The summed E-state index contributed by atoms with van der Waals surface area (Å²) >= 11 is -2.38. The molecule has 0 aromatic carbocycles. The van der Waals surface area contributed by atoms with E-state index in [2.05, 4.69) is 38.1 Å². The molecular weight excluding hydrogens is 389 g/mol. The van der Waals surface area contributed by atoms with Gasteiger partial charge in [-0.15, -0.1) is 0 Å². The maximum atomic E-state index is 4.97. The first-order chi connectivity index (χ1) is 11.1. The Kier molecular flexibility index (Phi) is 7.38. The fourth-order valence-electron chi connectivity index (χ4n) is 3.65. The average Bonchev–Trinajstić information content (AvgIpc) is 2.93. The topological polar surface area (TPSA) is 30.7 Å². The van der Waals surface area contributed by atoms with Crippen molar-refractivity contribution in [2.45, 2.75) is 72.6 Å². The summed E-state index contributed by atoms with van der Waals surface area (Å²) in [4.78, 5) is 4.97. The number of hydrogen-bond donors (Lipinski definition) is 0. The van der Waals surface area contributed by atoms with Crippen molar-refractivity contribution in [3.8, 4) is 0 Å². The molecule has 0 radical (unpaired) electrons. The molecule has 0 amide bonds. The number of aromatic nitrogens is 3. The monoisotopic (exact) mass is 423 g/mol. The van der Waals surface area contributed by atoms with Gasteiger partial charge in [-0.05, 0) is 0 Å². The van der Waals surface area contributed by atoms with Gasteiger partial charge in [-0.25, -0.2) is 0 Å². The van der Waals surface area contributed by atoms with Crippen molar-refractivity contribution >= 4 is 33.0 Å². The molecular formula is C19H33N3Sn. The molecule has 0 saturated carbocycles. The zero-order valence-corrected chi connectivity index (χ0v) is 18.3. The zero-order valence-electron chi connectivity index (χ0n) is 15.4. The Balaban J connectivity index is 2.40. The predicted octanol–water partition coefficient (Wildman–Crippen LogP) is 5.02. The van der Waals surface area contributed by atoms with Crippen LogP contribution in [0.25, 0.3) is 10.9 Å². The quantitative estimate of drug-likeness (QED) is 0.504. The maximum absolute atomic E-state index is 4.97. The first kappa shape index (κ1) is 18.8. The van der Waals surface area contributed by atoms with E-state index in [1.54, 1.807) is 0 Å². The van der Waals surface area contributed by atoms with E-state index in [9.17, 15) is 0 Å². The van der Waals surface area contributed by atoms with Gasteiger partial charge in [0.2, 0.25) is 0 Å². The van der Waals surface area contributed by atoms with Crippen LogP contribution < -0.4 is 3.71 Å². The van der Waals surface area contributed by atoms with Crippen LogP contribution >= 0.6 is 0 Å². The number of aryl methyl sites for hydroxylation is 1. The van der Waals surface area contributed by atoms with Gasteiger partial charge >= 0.3 is 146 Å². The molecule has 23 heavy (non-hydrogen) atoms. The molecule has 3 nitrogen and oxygen atoms in total. The normalized spacial score (nSPS) is 12.2. The summed E-state index contributed by atoms with van der Waals surface area (Å²) in [5, 5.41) is 5.78. The first-order valence-electron chi connectivity index (χ1n) is 9.45. The van der Waals surface area contributed by atoms with Crippen LogP contribution in [0.3, 0.4) is 0 Å². The Morgan fingerprint density at radius 1 is 0.957 bits per heavy atom. The van der Waals surface area contributed by atoms with E-state index >= 15 is 0 Å². The van der Waals surface area contributed by atoms with Crippen LogP contribution in [0.4, 0.5) is 0 Å². The standard InChI is InChI=1S/C7H6N3.3C4H9.Sn/c1-10-5-6-2-3-8-4-7(6)9-10;3*1-3-4-2;/h2,4-5H,1H3;3*1,3-4H2,2H3;. The number of unbranched alkanes of at least 4 members (excludes halogenated alkanes) is 3. The molecule has 2 heterocycles. The number of nitrogens with zero attached hydrogens (tertiary/aromatic N) is 3. The van der Waals surface area contributed by atoms with Crippen molar-refractivity contribution < 1.29 is 0 Å². The Morgan fingerprint density at radius 3 is 2.04 bits per heavy atom. The molecule has 0 N–H and O–H groups in total. The molecule has 2 aromatic heterocycles. The SMILES string of the molecule is CCC[CH2][Sn]([CH2]CCC)([CH2]CCC)[c]1cc2cn(C)nc2cn1. The Labute approximate surface area is 145 Å². The summed E-state index contributed by atoms with van der Waals surface area (Å²) < 4.78 is 7.85.